The number of hydrogen-bond donors (Lipinski definition) is 0. The summed E-state index contributed by atoms with van der Waals surface area (Å²) in [5.74, 6) is 1.21. The standard InChI is InChI=1S/C23H31N3O5S/c1-4-26(32(28,29)20-12-10-19(11-13-20)31-5-2)18-23(27)25-16-14-24(15-17-25)21-8-6-7-9-22(21)30-3/h6-13H,4-5,14-18H2,1-3H3. The van der Waals surface area contributed by atoms with Crippen molar-refractivity contribution in [3.8, 4) is 11.5 Å². The van der Waals surface area contributed by atoms with Gasteiger partial charge in [0.25, 0.3) is 0 Å². The summed E-state index contributed by atoms with van der Waals surface area (Å²) in [4.78, 5) is 17.0. The van der Waals surface area contributed by atoms with Crippen LogP contribution < -0.4 is 14.4 Å². The van der Waals surface area contributed by atoms with Gasteiger partial charge >= 0.3 is 0 Å². The Hall–Kier alpha value is -2.78. The van der Waals surface area contributed by atoms with Gasteiger partial charge < -0.3 is 19.3 Å². The Bertz CT molecular complexity index is 1000. The van der Waals surface area contributed by atoms with Gasteiger partial charge in [0.2, 0.25) is 15.9 Å². The number of likely N-dealkylation sites (N-methyl/N-ethyl adjacent to an activating group) is 1. The molecular weight excluding hydrogens is 430 g/mol. The minimum absolute atomic E-state index is 0.150. The van der Waals surface area contributed by atoms with Crippen LogP contribution in [-0.2, 0) is 14.8 Å². The molecule has 2 aromatic rings. The second kappa shape index (κ2) is 10.7. The second-order valence-corrected chi connectivity index (χ2v) is 9.31. The monoisotopic (exact) mass is 461 g/mol. The average molecular weight is 462 g/mol. The second-order valence-electron chi connectivity index (χ2n) is 7.38. The molecule has 32 heavy (non-hydrogen) atoms. The Labute approximate surface area is 190 Å². The van der Waals surface area contributed by atoms with Crippen LogP contribution in [0.2, 0.25) is 0 Å². The number of carbonyl (C=O) groups excluding carboxylic acids is 1. The van der Waals surface area contributed by atoms with Crippen molar-refractivity contribution in [3.63, 3.8) is 0 Å². The average Bonchev–Trinajstić information content (AvgIpc) is 2.83. The first-order valence-electron chi connectivity index (χ1n) is 10.8. The van der Waals surface area contributed by atoms with E-state index in [9.17, 15) is 13.2 Å². The Morgan fingerprint density at radius 2 is 1.66 bits per heavy atom. The Morgan fingerprint density at radius 1 is 1.00 bits per heavy atom. The van der Waals surface area contributed by atoms with E-state index in [0.29, 0.717) is 38.5 Å². The summed E-state index contributed by atoms with van der Waals surface area (Å²) in [6, 6.07) is 14.1. The molecule has 0 bridgehead atoms. The zero-order valence-electron chi connectivity index (χ0n) is 18.9. The zero-order valence-corrected chi connectivity index (χ0v) is 19.7. The molecule has 0 radical (unpaired) electrons. The van der Waals surface area contributed by atoms with Crippen LogP contribution in [0.25, 0.3) is 0 Å². The van der Waals surface area contributed by atoms with Crippen molar-refractivity contribution in [1.82, 2.24) is 9.21 Å². The third-order valence-corrected chi connectivity index (χ3v) is 7.43. The van der Waals surface area contributed by atoms with Crippen LogP contribution >= 0.6 is 0 Å². The maximum absolute atomic E-state index is 13.1. The van der Waals surface area contributed by atoms with E-state index < -0.39 is 10.0 Å². The topological polar surface area (TPSA) is 79.4 Å². The molecule has 174 valence electrons. The summed E-state index contributed by atoms with van der Waals surface area (Å²) >= 11 is 0. The Morgan fingerprint density at radius 3 is 2.25 bits per heavy atom. The third kappa shape index (κ3) is 5.34. The van der Waals surface area contributed by atoms with Crippen LogP contribution in [-0.4, -0.2) is 76.5 Å². The summed E-state index contributed by atoms with van der Waals surface area (Å²) in [7, 11) is -2.13. The van der Waals surface area contributed by atoms with Crippen LogP contribution in [0.15, 0.2) is 53.4 Å². The molecule has 0 aromatic heterocycles. The molecule has 0 atom stereocenters. The number of hydrogen-bond acceptors (Lipinski definition) is 6. The predicted octanol–water partition coefficient (Wildman–Crippen LogP) is 2.45. The van der Waals surface area contributed by atoms with Crippen LogP contribution in [0.4, 0.5) is 5.69 Å². The Balaban J connectivity index is 1.63. The highest BCUT2D eigenvalue weighted by molar-refractivity contribution is 7.89. The molecule has 0 spiro atoms. The molecule has 0 unspecified atom stereocenters. The van der Waals surface area contributed by atoms with Gasteiger partial charge in [-0.3, -0.25) is 4.79 Å². The molecule has 1 aliphatic heterocycles. The van der Waals surface area contributed by atoms with Gasteiger partial charge in [0, 0.05) is 32.7 Å². The highest BCUT2D eigenvalue weighted by Gasteiger charge is 2.29. The van der Waals surface area contributed by atoms with Gasteiger partial charge in [-0.2, -0.15) is 4.31 Å². The molecule has 3 rings (SSSR count). The van der Waals surface area contributed by atoms with Crippen molar-refractivity contribution in [2.45, 2.75) is 18.7 Å². The molecule has 8 nitrogen and oxygen atoms in total. The molecule has 9 heteroatoms. The molecule has 0 saturated carbocycles. The molecule has 0 N–H and O–H groups in total. The number of nitrogens with zero attached hydrogens (tertiary/aromatic N) is 3. The lowest BCUT2D eigenvalue weighted by Gasteiger charge is -2.37. The fourth-order valence-corrected chi connectivity index (χ4v) is 5.13. The number of sulfonamides is 1. The van der Waals surface area contributed by atoms with E-state index in [0.717, 1.165) is 11.4 Å². The number of para-hydroxylation sites is 2. The predicted molar refractivity (Wildman–Crippen MR) is 124 cm³/mol. The summed E-state index contributed by atoms with van der Waals surface area (Å²) in [6.45, 7) is 6.50. The van der Waals surface area contributed by atoms with Crippen molar-refractivity contribution in [3.05, 3.63) is 48.5 Å². The highest BCUT2D eigenvalue weighted by Crippen LogP contribution is 2.28. The lowest BCUT2D eigenvalue weighted by molar-refractivity contribution is -0.131. The van der Waals surface area contributed by atoms with Gasteiger partial charge in [0.15, 0.2) is 0 Å². The van der Waals surface area contributed by atoms with Crippen molar-refractivity contribution in [1.29, 1.82) is 0 Å². The molecule has 0 aliphatic carbocycles. The summed E-state index contributed by atoms with van der Waals surface area (Å²) in [6.07, 6.45) is 0. The smallest absolute Gasteiger partial charge is 0.243 e. The maximum atomic E-state index is 13.1. The first-order valence-corrected chi connectivity index (χ1v) is 12.2. The van der Waals surface area contributed by atoms with Crippen molar-refractivity contribution < 1.29 is 22.7 Å². The summed E-state index contributed by atoms with van der Waals surface area (Å²) < 4.78 is 38.1. The van der Waals surface area contributed by atoms with Crippen molar-refractivity contribution in [2.24, 2.45) is 0 Å². The molecule has 1 saturated heterocycles. The number of benzene rings is 2. The number of ether oxygens (including phenoxy) is 2. The van der Waals surface area contributed by atoms with E-state index in [2.05, 4.69) is 4.90 Å². The van der Waals surface area contributed by atoms with E-state index in [-0.39, 0.29) is 23.9 Å². The summed E-state index contributed by atoms with van der Waals surface area (Å²) in [5.41, 5.74) is 0.996. The van der Waals surface area contributed by atoms with Gasteiger partial charge in [0.1, 0.15) is 11.5 Å². The van der Waals surface area contributed by atoms with E-state index >= 15 is 0 Å². The van der Waals surface area contributed by atoms with Gasteiger partial charge in [0.05, 0.1) is 30.8 Å². The van der Waals surface area contributed by atoms with E-state index in [1.807, 2.05) is 31.2 Å². The first kappa shape index (κ1) is 23.9. The van der Waals surface area contributed by atoms with Crippen LogP contribution in [0.5, 0.6) is 11.5 Å². The minimum Gasteiger partial charge on any atom is -0.495 e. The highest BCUT2D eigenvalue weighted by atomic mass is 32.2. The maximum Gasteiger partial charge on any atom is 0.243 e. The molecule has 1 amide bonds. The molecule has 1 heterocycles. The number of anilines is 1. The van der Waals surface area contributed by atoms with E-state index in [1.54, 1.807) is 31.1 Å². The number of piperazine rings is 1. The van der Waals surface area contributed by atoms with E-state index in [4.69, 9.17) is 9.47 Å². The largest absolute Gasteiger partial charge is 0.495 e. The third-order valence-electron chi connectivity index (χ3n) is 5.50. The lowest BCUT2D eigenvalue weighted by atomic mass is 10.2. The fourth-order valence-electron chi connectivity index (χ4n) is 3.73. The normalized spacial score (nSPS) is 14.5. The zero-order chi connectivity index (χ0) is 23.1. The molecule has 1 fully saturated rings. The van der Waals surface area contributed by atoms with Crippen molar-refractivity contribution >= 4 is 21.6 Å². The van der Waals surface area contributed by atoms with Gasteiger partial charge in [-0.15, -0.1) is 0 Å². The summed E-state index contributed by atoms with van der Waals surface area (Å²) in [5, 5.41) is 0. The van der Waals surface area contributed by atoms with Gasteiger partial charge in [-0.05, 0) is 43.3 Å². The van der Waals surface area contributed by atoms with Crippen LogP contribution in [0.3, 0.4) is 0 Å². The van der Waals surface area contributed by atoms with Gasteiger partial charge in [-0.25, -0.2) is 8.42 Å². The quantitative estimate of drug-likeness (QED) is 0.571. The minimum atomic E-state index is -3.78. The number of methoxy groups -OCH3 is 1. The lowest BCUT2D eigenvalue weighted by Crippen LogP contribution is -2.51. The number of carbonyl (C=O) groups is 1. The number of amides is 1. The fraction of sp³-hybridized carbons (Fsp3) is 0.435. The first-order chi connectivity index (χ1) is 15.4. The van der Waals surface area contributed by atoms with Crippen molar-refractivity contribution in [2.75, 3.05) is 57.9 Å². The van der Waals surface area contributed by atoms with E-state index in [1.165, 1.54) is 16.4 Å². The van der Waals surface area contributed by atoms with Crippen LogP contribution in [0, 0.1) is 0 Å². The van der Waals surface area contributed by atoms with Crippen LogP contribution in [0.1, 0.15) is 13.8 Å². The number of rotatable bonds is 9. The molecule has 2 aromatic carbocycles. The van der Waals surface area contributed by atoms with Gasteiger partial charge in [-0.1, -0.05) is 19.1 Å². The molecule has 1 aliphatic rings. The SMILES string of the molecule is CCOc1ccc(S(=O)(=O)N(CC)CC(=O)N2CCN(c3ccccc3OC)CC2)cc1. The molecular formula is C23H31N3O5S. The Kier molecular flexibility index (Phi) is 7.98.